The standard InChI is InChI=1S/C12H16N4OS/c17-11-9-10(14-12(18)15-11)16(7-13-9)6-8-4-2-1-3-5-8/h7-8H,1-6H2,(H2,14,15,17,18). The molecule has 0 atom stereocenters. The highest BCUT2D eigenvalue weighted by Gasteiger charge is 2.16. The van der Waals surface area contributed by atoms with Crippen molar-refractivity contribution in [1.29, 1.82) is 0 Å². The Morgan fingerprint density at radius 2 is 2.11 bits per heavy atom. The fourth-order valence-electron chi connectivity index (χ4n) is 2.77. The molecule has 1 aliphatic carbocycles. The van der Waals surface area contributed by atoms with E-state index in [2.05, 4.69) is 15.0 Å². The van der Waals surface area contributed by atoms with Gasteiger partial charge in [0, 0.05) is 6.54 Å². The minimum absolute atomic E-state index is 0.212. The van der Waals surface area contributed by atoms with Crippen LogP contribution in [0.5, 0.6) is 0 Å². The summed E-state index contributed by atoms with van der Waals surface area (Å²) in [6.45, 7) is 0.922. The van der Waals surface area contributed by atoms with E-state index >= 15 is 0 Å². The molecule has 0 radical (unpaired) electrons. The zero-order valence-corrected chi connectivity index (χ0v) is 10.9. The second-order valence-corrected chi connectivity index (χ2v) is 5.41. The molecule has 1 saturated carbocycles. The zero-order chi connectivity index (χ0) is 12.5. The zero-order valence-electron chi connectivity index (χ0n) is 10.1. The third kappa shape index (κ3) is 2.12. The van der Waals surface area contributed by atoms with Gasteiger partial charge in [-0.15, -0.1) is 0 Å². The molecule has 3 rings (SSSR count). The van der Waals surface area contributed by atoms with Gasteiger partial charge in [0.05, 0.1) is 6.33 Å². The van der Waals surface area contributed by atoms with Crippen molar-refractivity contribution in [2.24, 2.45) is 5.92 Å². The molecule has 5 nitrogen and oxygen atoms in total. The van der Waals surface area contributed by atoms with Crippen molar-refractivity contribution < 1.29 is 0 Å². The van der Waals surface area contributed by atoms with Crippen LogP contribution in [0.2, 0.25) is 0 Å². The van der Waals surface area contributed by atoms with Gasteiger partial charge in [-0.1, -0.05) is 19.3 Å². The summed E-state index contributed by atoms with van der Waals surface area (Å²) in [5, 5.41) is 0. The Morgan fingerprint density at radius 3 is 2.89 bits per heavy atom. The van der Waals surface area contributed by atoms with Gasteiger partial charge in [-0.05, 0) is 31.0 Å². The van der Waals surface area contributed by atoms with E-state index in [4.69, 9.17) is 12.2 Å². The van der Waals surface area contributed by atoms with Gasteiger partial charge in [-0.3, -0.25) is 9.78 Å². The molecule has 18 heavy (non-hydrogen) atoms. The molecule has 2 N–H and O–H groups in total. The van der Waals surface area contributed by atoms with Crippen molar-refractivity contribution in [2.45, 2.75) is 38.6 Å². The van der Waals surface area contributed by atoms with Crippen molar-refractivity contribution in [1.82, 2.24) is 19.5 Å². The molecule has 0 bridgehead atoms. The van der Waals surface area contributed by atoms with Gasteiger partial charge in [0.2, 0.25) is 0 Å². The highest BCUT2D eigenvalue weighted by molar-refractivity contribution is 7.71. The number of rotatable bonds is 2. The Kier molecular flexibility index (Phi) is 3.03. The van der Waals surface area contributed by atoms with Crippen LogP contribution < -0.4 is 5.56 Å². The van der Waals surface area contributed by atoms with Crippen LogP contribution in [-0.2, 0) is 6.54 Å². The molecule has 1 fully saturated rings. The Hall–Kier alpha value is -1.43. The van der Waals surface area contributed by atoms with Crippen LogP contribution in [0.3, 0.4) is 0 Å². The average Bonchev–Trinajstić information content (AvgIpc) is 2.74. The average molecular weight is 264 g/mol. The first kappa shape index (κ1) is 11.6. The van der Waals surface area contributed by atoms with Gasteiger partial charge >= 0.3 is 0 Å². The SMILES string of the molecule is O=c1[nH]c(=S)[nH]c2c1ncn2CC1CCCCC1. The second-order valence-electron chi connectivity index (χ2n) is 5.01. The van der Waals surface area contributed by atoms with E-state index in [-0.39, 0.29) is 5.56 Å². The number of fused-ring (bicyclic) bond motifs is 1. The Morgan fingerprint density at radius 1 is 1.33 bits per heavy atom. The summed E-state index contributed by atoms with van der Waals surface area (Å²) in [4.78, 5) is 21.4. The molecule has 2 aromatic heterocycles. The van der Waals surface area contributed by atoms with E-state index < -0.39 is 0 Å². The minimum Gasteiger partial charge on any atom is -0.316 e. The number of nitrogens with zero attached hydrogens (tertiary/aromatic N) is 2. The van der Waals surface area contributed by atoms with Crippen LogP contribution >= 0.6 is 12.2 Å². The molecule has 0 saturated heterocycles. The largest absolute Gasteiger partial charge is 0.316 e. The number of hydrogen-bond donors (Lipinski definition) is 2. The Balaban J connectivity index is 1.97. The lowest BCUT2D eigenvalue weighted by Gasteiger charge is -2.21. The summed E-state index contributed by atoms with van der Waals surface area (Å²) in [6.07, 6.45) is 8.25. The molecular formula is C12H16N4OS. The molecule has 96 valence electrons. The molecule has 6 heteroatoms. The highest BCUT2D eigenvalue weighted by Crippen LogP contribution is 2.25. The molecular weight excluding hydrogens is 248 g/mol. The highest BCUT2D eigenvalue weighted by atomic mass is 32.1. The van der Waals surface area contributed by atoms with Crippen molar-refractivity contribution >= 4 is 23.4 Å². The number of aromatic amines is 2. The second kappa shape index (κ2) is 4.68. The number of nitrogens with one attached hydrogen (secondary N) is 2. The van der Waals surface area contributed by atoms with Gasteiger partial charge in [-0.2, -0.15) is 0 Å². The normalized spacial score (nSPS) is 17.3. The monoisotopic (exact) mass is 264 g/mol. The van der Waals surface area contributed by atoms with Crippen LogP contribution in [0.4, 0.5) is 0 Å². The summed E-state index contributed by atoms with van der Waals surface area (Å²) in [5.41, 5.74) is 0.977. The summed E-state index contributed by atoms with van der Waals surface area (Å²) in [5.74, 6) is 0.692. The van der Waals surface area contributed by atoms with Crippen LogP contribution in [0.25, 0.3) is 11.2 Å². The molecule has 1 aliphatic rings. The Labute approximate surface area is 109 Å². The predicted octanol–water partition coefficient (Wildman–Crippen LogP) is 2.36. The van der Waals surface area contributed by atoms with E-state index in [1.54, 1.807) is 6.33 Å². The maximum absolute atomic E-state index is 11.7. The summed E-state index contributed by atoms with van der Waals surface area (Å²) < 4.78 is 2.38. The Bertz CT molecular complexity index is 663. The fourth-order valence-corrected chi connectivity index (χ4v) is 2.96. The number of aromatic nitrogens is 4. The molecule has 0 unspecified atom stereocenters. The first-order valence-electron chi connectivity index (χ1n) is 6.41. The van der Waals surface area contributed by atoms with Crippen molar-refractivity contribution in [3.63, 3.8) is 0 Å². The molecule has 0 aliphatic heterocycles. The maximum Gasteiger partial charge on any atom is 0.279 e. The predicted molar refractivity (Wildman–Crippen MR) is 72.1 cm³/mol. The molecule has 0 amide bonds. The van der Waals surface area contributed by atoms with E-state index in [0.29, 0.717) is 16.2 Å². The topological polar surface area (TPSA) is 66.5 Å². The molecule has 2 aromatic rings. The first-order valence-corrected chi connectivity index (χ1v) is 6.82. The fraction of sp³-hybridized carbons (Fsp3) is 0.583. The van der Waals surface area contributed by atoms with Crippen molar-refractivity contribution in [2.75, 3.05) is 0 Å². The maximum atomic E-state index is 11.7. The molecule has 0 aromatic carbocycles. The van der Waals surface area contributed by atoms with Gasteiger partial charge in [0.15, 0.2) is 10.3 Å². The number of hydrogen-bond acceptors (Lipinski definition) is 3. The quantitative estimate of drug-likeness (QED) is 0.818. The van der Waals surface area contributed by atoms with Crippen molar-refractivity contribution in [3.8, 4) is 0 Å². The lowest BCUT2D eigenvalue weighted by atomic mass is 9.89. The minimum atomic E-state index is -0.212. The van der Waals surface area contributed by atoms with E-state index in [1.165, 1.54) is 32.1 Å². The van der Waals surface area contributed by atoms with Gasteiger partial charge in [-0.25, -0.2) is 4.98 Å². The lowest BCUT2D eigenvalue weighted by molar-refractivity contribution is 0.321. The number of imidazole rings is 1. The van der Waals surface area contributed by atoms with E-state index in [1.807, 2.05) is 4.57 Å². The van der Waals surface area contributed by atoms with E-state index in [9.17, 15) is 4.79 Å². The van der Waals surface area contributed by atoms with Crippen molar-refractivity contribution in [3.05, 3.63) is 21.5 Å². The van der Waals surface area contributed by atoms with Crippen LogP contribution in [-0.4, -0.2) is 19.5 Å². The molecule has 0 spiro atoms. The third-order valence-corrected chi connectivity index (χ3v) is 3.90. The summed E-state index contributed by atoms with van der Waals surface area (Å²) in [7, 11) is 0. The third-order valence-electron chi connectivity index (χ3n) is 3.69. The van der Waals surface area contributed by atoms with Crippen LogP contribution in [0, 0.1) is 10.7 Å². The first-order chi connectivity index (χ1) is 8.74. The molecule has 2 heterocycles. The van der Waals surface area contributed by atoms with Gasteiger partial charge in [0.25, 0.3) is 5.56 Å². The summed E-state index contributed by atoms with van der Waals surface area (Å²) in [6, 6.07) is 0. The lowest BCUT2D eigenvalue weighted by Crippen LogP contribution is -2.15. The van der Waals surface area contributed by atoms with Gasteiger partial charge < -0.3 is 9.55 Å². The summed E-state index contributed by atoms with van der Waals surface area (Å²) >= 11 is 5.00. The van der Waals surface area contributed by atoms with E-state index in [0.717, 1.165) is 12.2 Å². The van der Waals surface area contributed by atoms with Crippen LogP contribution in [0.1, 0.15) is 32.1 Å². The smallest absolute Gasteiger partial charge is 0.279 e. The number of H-pyrrole nitrogens is 2. The van der Waals surface area contributed by atoms with Crippen LogP contribution in [0.15, 0.2) is 11.1 Å². The van der Waals surface area contributed by atoms with Gasteiger partial charge in [0.1, 0.15) is 5.65 Å².